The van der Waals surface area contributed by atoms with Gasteiger partial charge in [0.15, 0.2) is 0 Å². The molecule has 2 unspecified atom stereocenters. The van der Waals surface area contributed by atoms with Crippen LogP contribution in [0.25, 0.3) is 11.1 Å². The maximum absolute atomic E-state index is 5.84. The van der Waals surface area contributed by atoms with Gasteiger partial charge in [-0.25, -0.2) is 0 Å². The molecule has 3 rings (SSSR count). The van der Waals surface area contributed by atoms with E-state index in [-0.39, 0.29) is 0 Å². The van der Waals surface area contributed by atoms with Crippen molar-refractivity contribution in [3.63, 3.8) is 0 Å². The molecule has 1 aromatic carbocycles. The molecule has 1 saturated carbocycles. The van der Waals surface area contributed by atoms with Gasteiger partial charge in [-0.15, -0.1) is 0 Å². The molecule has 1 heterocycles. The molecule has 2 aromatic rings. The van der Waals surface area contributed by atoms with Crippen molar-refractivity contribution in [1.29, 1.82) is 0 Å². The van der Waals surface area contributed by atoms with E-state index in [9.17, 15) is 0 Å². The summed E-state index contributed by atoms with van der Waals surface area (Å²) >= 11 is 0. The van der Waals surface area contributed by atoms with Crippen molar-refractivity contribution in [2.24, 2.45) is 5.92 Å². The number of rotatable bonds is 2. The van der Waals surface area contributed by atoms with Gasteiger partial charge in [0.25, 0.3) is 0 Å². The van der Waals surface area contributed by atoms with Crippen molar-refractivity contribution in [3.8, 4) is 11.1 Å². The van der Waals surface area contributed by atoms with Crippen molar-refractivity contribution in [1.82, 2.24) is 9.78 Å². The zero-order valence-corrected chi connectivity index (χ0v) is 11.4. The first-order valence-corrected chi connectivity index (χ1v) is 7.12. The number of hydrogen-bond acceptors (Lipinski definition) is 2. The predicted molar refractivity (Wildman–Crippen MR) is 78.7 cm³/mol. The molecule has 0 radical (unpaired) electrons. The monoisotopic (exact) mass is 255 g/mol. The van der Waals surface area contributed by atoms with Gasteiger partial charge in [-0.2, -0.15) is 5.10 Å². The fraction of sp³-hybridized carbons (Fsp3) is 0.438. The van der Waals surface area contributed by atoms with Crippen LogP contribution in [0, 0.1) is 5.92 Å². The molecule has 2 N–H and O–H groups in total. The number of benzene rings is 1. The molecule has 2 atom stereocenters. The number of anilines is 1. The molecule has 0 bridgehead atoms. The summed E-state index contributed by atoms with van der Waals surface area (Å²) in [5.74, 6) is 0.818. The van der Waals surface area contributed by atoms with E-state index >= 15 is 0 Å². The Hall–Kier alpha value is -1.77. The van der Waals surface area contributed by atoms with E-state index in [0.717, 1.165) is 22.7 Å². The van der Waals surface area contributed by atoms with Crippen LogP contribution in [0.4, 0.5) is 5.69 Å². The summed E-state index contributed by atoms with van der Waals surface area (Å²) in [5, 5.41) is 4.56. The first-order chi connectivity index (χ1) is 9.22. The number of aromatic nitrogens is 2. The molecule has 3 nitrogen and oxygen atoms in total. The SMILES string of the molecule is CC1CCCC(n2cc(-c3cccc(N)c3)cn2)C1. The van der Waals surface area contributed by atoms with Gasteiger partial charge in [-0.1, -0.05) is 31.9 Å². The second kappa shape index (κ2) is 5.08. The Labute approximate surface area is 114 Å². The molecule has 100 valence electrons. The minimum atomic E-state index is 0.568. The molecule has 1 fully saturated rings. The summed E-state index contributed by atoms with van der Waals surface area (Å²) in [6, 6.07) is 8.56. The van der Waals surface area contributed by atoms with Gasteiger partial charge < -0.3 is 5.73 Å². The summed E-state index contributed by atoms with van der Waals surface area (Å²) < 4.78 is 2.15. The van der Waals surface area contributed by atoms with Crippen LogP contribution in [-0.2, 0) is 0 Å². The fourth-order valence-corrected chi connectivity index (χ4v) is 3.05. The van der Waals surface area contributed by atoms with Crippen LogP contribution in [0.3, 0.4) is 0 Å². The minimum absolute atomic E-state index is 0.568. The molecule has 0 aliphatic heterocycles. The number of nitrogens with two attached hydrogens (primary N) is 1. The number of hydrogen-bond donors (Lipinski definition) is 1. The Balaban J connectivity index is 1.83. The Morgan fingerprint density at radius 2 is 2.16 bits per heavy atom. The Morgan fingerprint density at radius 1 is 1.26 bits per heavy atom. The van der Waals surface area contributed by atoms with Crippen LogP contribution in [0.15, 0.2) is 36.7 Å². The van der Waals surface area contributed by atoms with Crippen molar-refractivity contribution < 1.29 is 0 Å². The average Bonchev–Trinajstić information content (AvgIpc) is 2.88. The van der Waals surface area contributed by atoms with Crippen molar-refractivity contribution in [2.45, 2.75) is 38.6 Å². The Kier molecular flexibility index (Phi) is 3.28. The van der Waals surface area contributed by atoms with E-state index in [1.54, 1.807) is 0 Å². The quantitative estimate of drug-likeness (QED) is 0.827. The third-order valence-corrected chi connectivity index (χ3v) is 4.10. The third kappa shape index (κ3) is 2.65. The predicted octanol–water partition coefficient (Wildman–Crippen LogP) is 3.88. The highest BCUT2D eigenvalue weighted by Gasteiger charge is 2.20. The van der Waals surface area contributed by atoms with Gasteiger partial charge in [0.2, 0.25) is 0 Å². The van der Waals surface area contributed by atoms with E-state index in [0.29, 0.717) is 6.04 Å². The summed E-state index contributed by atoms with van der Waals surface area (Å²) in [4.78, 5) is 0. The molecular formula is C16H21N3. The summed E-state index contributed by atoms with van der Waals surface area (Å²) in [5.41, 5.74) is 8.95. The molecular weight excluding hydrogens is 234 g/mol. The first-order valence-electron chi connectivity index (χ1n) is 7.12. The largest absolute Gasteiger partial charge is 0.399 e. The van der Waals surface area contributed by atoms with Crippen LogP contribution in [0.2, 0.25) is 0 Å². The van der Waals surface area contributed by atoms with Crippen LogP contribution in [0.1, 0.15) is 38.6 Å². The highest BCUT2D eigenvalue weighted by Crippen LogP contribution is 2.32. The Morgan fingerprint density at radius 3 is 2.95 bits per heavy atom. The molecule has 1 aliphatic rings. The molecule has 0 spiro atoms. The van der Waals surface area contributed by atoms with Crippen LogP contribution >= 0.6 is 0 Å². The topological polar surface area (TPSA) is 43.8 Å². The lowest BCUT2D eigenvalue weighted by Gasteiger charge is -2.26. The number of nitrogen functional groups attached to an aromatic ring is 1. The fourth-order valence-electron chi connectivity index (χ4n) is 3.05. The molecule has 3 heteroatoms. The summed E-state index contributed by atoms with van der Waals surface area (Å²) in [7, 11) is 0. The standard InChI is InChI=1S/C16H21N3/c1-12-4-2-7-16(8-12)19-11-14(10-18-19)13-5-3-6-15(17)9-13/h3,5-6,9-12,16H,2,4,7-8,17H2,1H3. The van der Waals surface area contributed by atoms with Crippen molar-refractivity contribution >= 4 is 5.69 Å². The maximum Gasteiger partial charge on any atom is 0.0568 e. The summed E-state index contributed by atoms with van der Waals surface area (Å²) in [6.07, 6.45) is 9.30. The zero-order chi connectivity index (χ0) is 13.2. The molecule has 0 saturated heterocycles. The second-order valence-corrected chi connectivity index (χ2v) is 5.76. The van der Waals surface area contributed by atoms with Crippen LogP contribution in [-0.4, -0.2) is 9.78 Å². The van der Waals surface area contributed by atoms with Gasteiger partial charge in [0, 0.05) is 17.4 Å². The first kappa shape index (κ1) is 12.3. The molecule has 1 aromatic heterocycles. The maximum atomic E-state index is 5.84. The highest BCUT2D eigenvalue weighted by atomic mass is 15.3. The molecule has 0 amide bonds. The smallest absolute Gasteiger partial charge is 0.0568 e. The van der Waals surface area contributed by atoms with E-state index in [2.05, 4.69) is 29.0 Å². The van der Waals surface area contributed by atoms with Crippen molar-refractivity contribution in [3.05, 3.63) is 36.7 Å². The lowest BCUT2D eigenvalue weighted by molar-refractivity contribution is 0.266. The lowest BCUT2D eigenvalue weighted by Crippen LogP contribution is -2.17. The van der Waals surface area contributed by atoms with Crippen LogP contribution in [0.5, 0.6) is 0 Å². The van der Waals surface area contributed by atoms with E-state index in [1.165, 1.54) is 25.7 Å². The van der Waals surface area contributed by atoms with Gasteiger partial charge in [0.05, 0.1) is 12.2 Å². The van der Waals surface area contributed by atoms with E-state index in [1.807, 2.05) is 24.4 Å². The van der Waals surface area contributed by atoms with Crippen LogP contribution < -0.4 is 5.73 Å². The average molecular weight is 255 g/mol. The number of nitrogens with zero attached hydrogens (tertiary/aromatic N) is 2. The lowest BCUT2D eigenvalue weighted by atomic mass is 9.87. The Bertz CT molecular complexity index is 559. The van der Waals surface area contributed by atoms with Gasteiger partial charge in [-0.3, -0.25) is 4.68 Å². The molecule has 1 aliphatic carbocycles. The van der Waals surface area contributed by atoms with Gasteiger partial charge >= 0.3 is 0 Å². The van der Waals surface area contributed by atoms with E-state index in [4.69, 9.17) is 5.73 Å². The molecule has 19 heavy (non-hydrogen) atoms. The second-order valence-electron chi connectivity index (χ2n) is 5.76. The van der Waals surface area contributed by atoms with Gasteiger partial charge in [-0.05, 0) is 36.5 Å². The third-order valence-electron chi connectivity index (χ3n) is 4.10. The summed E-state index contributed by atoms with van der Waals surface area (Å²) in [6.45, 7) is 2.34. The van der Waals surface area contributed by atoms with Gasteiger partial charge in [0.1, 0.15) is 0 Å². The van der Waals surface area contributed by atoms with Crippen molar-refractivity contribution in [2.75, 3.05) is 5.73 Å². The highest BCUT2D eigenvalue weighted by molar-refractivity contribution is 5.65. The normalized spacial score (nSPS) is 23.4. The zero-order valence-electron chi connectivity index (χ0n) is 11.4. The minimum Gasteiger partial charge on any atom is -0.399 e. The van der Waals surface area contributed by atoms with E-state index < -0.39 is 0 Å².